The number of rotatable bonds is 2. The molecule has 0 aromatic carbocycles. The Kier molecular flexibility index (Phi) is 2.51. The maximum atomic E-state index is 11.0. The third kappa shape index (κ3) is 1.71. The second-order valence-electron chi connectivity index (χ2n) is 4.10. The summed E-state index contributed by atoms with van der Waals surface area (Å²) in [4.78, 5) is 21.2. The number of nitrogens with two attached hydrogens (primary N) is 1. The third-order valence-corrected chi connectivity index (χ3v) is 2.88. The first-order chi connectivity index (χ1) is 7.53. The van der Waals surface area contributed by atoms with Crippen molar-refractivity contribution in [3.05, 3.63) is 18.1 Å². The lowest BCUT2D eigenvalue weighted by Crippen LogP contribution is -2.50. The smallest absolute Gasteiger partial charge is 0.325 e. The van der Waals surface area contributed by atoms with Gasteiger partial charge in [-0.05, 0) is 13.3 Å². The van der Waals surface area contributed by atoms with Crippen LogP contribution in [-0.2, 0) is 4.79 Å². The van der Waals surface area contributed by atoms with Gasteiger partial charge < -0.3 is 15.7 Å². The predicted octanol–water partition coefficient (Wildman–Crippen LogP) is -0.223. The average molecular weight is 222 g/mol. The molecule has 6 heteroatoms. The van der Waals surface area contributed by atoms with Crippen molar-refractivity contribution in [3.63, 3.8) is 0 Å². The first-order valence-corrected chi connectivity index (χ1v) is 5.08. The standard InChI is InChI=1S/C10H14N4O2/c1-7-8(13-4-3-12-7)14-5-2-10(11,6-14)9(15)16/h3-4H,2,5-6,11H2,1H3,(H,15,16). The number of nitrogens with zero attached hydrogens (tertiary/aromatic N) is 3. The third-order valence-electron chi connectivity index (χ3n) is 2.88. The van der Waals surface area contributed by atoms with Gasteiger partial charge in [-0.25, -0.2) is 4.98 Å². The minimum Gasteiger partial charge on any atom is -0.480 e. The van der Waals surface area contributed by atoms with Crippen LogP contribution in [0.2, 0.25) is 0 Å². The summed E-state index contributed by atoms with van der Waals surface area (Å²) in [5, 5.41) is 9.02. The second kappa shape index (κ2) is 3.71. The van der Waals surface area contributed by atoms with E-state index in [1.807, 2.05) is 11.8 Å². The van der Waals surface area contributed by atoms with Crippen LogP contribution in [0.4, 0.5) is 5.82 Å². The normalized spacial score (nSPS) is 24.8. The molecule has 1 saturated heterocycles. The van der Waals surface area contributed by atoms with Crippen molar-refractivity contribution in [2.24, 2.45) is 5.73 Å². The quantitative estimate of drug-likeness (QED) is 0.718. The van der Waals surface area contributed by atoms with Gasteiger partial charge in [0.25, 0.3) is 0 Å². The van der Waals surface area contributed by atoms with Crippen molar-refractivity contribution in [2.75, 3.05) is 18.0 Å². The van der Waals surface area contributed by atoms with Gasteiger partial charge >= 0.3 is 5.97 Å². The predicted molar refractivity (Wildman–Crippen MR) is 58.2 cm³/mol. The van der Waals surface area contributed by atoms with E-state index in [1.54, 1.807) is 12.4 Å². The van der Waals surface area contributed by atoms with Gasteiger partial charge in [-0.3, -0.25) is 9.78 Å². The Bertz CT molecular complexity index is 423. The highest BCUT2D eigenvalue weighted by Gasteiger charge is 2.42. The van der Waals surface area contributed by atoms with Crippen molar-refractivity contribution < 1.29 is 9.90 Å². The maximum absolute atomic E-state index is 11.0. The molecule has 1 aliphatic heterocycles. The Morgan fingerprint density at radius 3 is 2.81 bits per heavy atom. The van der Waals surface area contributed by atoms with Gasteiger partial charge in [-0.2, -0.15) is 0 Å². The van der Waals surface area contributed by atoms with Gasteiger partial charge in [0.1, 0.15) is 11.4 Å². The summed E-state index contributed by atoms with van der Waals surface area (Å²) in [6, 6.07) is 0. The van der Waals surface area contributed by atoms with E-state index in [4.69, 9.17) is 10.8 Å². The van der Waals surface area contributed by atoms with E-state index >= 15 is 0 Å². The molecule has 6 nitrogen and oxygen atoms in total. The number of carbonyl (C=O) groups is 1. The zero-order chi connectivity index (χ0) is 11.8. The molecule has 1 aromatic heterocycles. The van der Waals surface area contributed by atoms with E-state index < -0.39 is 11.5 Å². The molecule has 1 aliphatic rings. The molecule has 3 N–H and O–H groups in total. The van der Waals surface area contributed by atoms with E-state index in [2.05, 4.69) is 9.97 Å². The van der Waals surface area contributed by atoms with Crippen LogP contribution in [0, 0.1) is 6.92 Å². The minimum absolute atomic E-state index is 0.280. The molecular weight excluding hydrogens is 208 g/mol. The monoisotopic (exact) mass is 222 g/mol. The summed E-state index contributed by atoms with van der Waals surface area (Å²) in [5.74, 6) is -0.243. The van der Waals surface area contributed by atoms with Crippen LogP contribution in [0.3, 0.4) is 0 Å². The summed E-state index contributed by atoms with van der Waals surface area (Å²) in [5.41, 5.74) is 5.42. The van der Waals surface area contributed by atoms with E-state index in [9.17, 15) is 4.79 Å². The van der Waals surface area contributed by atoms with Crippen LogP contribution in [0.5, 0.6) is 0 Å². The Labute approximate surface area is 93.1 Å². The lowest BCUT2D eigenvalue weighted by Gasteiger charge is -2.21. The Hall–Kier alpha value is -1.69. The molecule has 16 heavy (non-hydrogen) atoms. The molecule has 0 amide bonds. The highest BCUT2D eigenvalue weighted by Crippen LogP contribution is 2.25. The molecule has 2 heterocycles. The summed E-state index contributed by atoms with van der Waals surface area (Å²) >= 11 is 0. The fourth-order valence-electron chi connectivity index (χ4n) is 1.90. The van der Waals surface area contributed by atoms with Gasteiger partial charge in [0.15, 0.2) is 0 Å². The van der Waals surface area contributed by atoms with Crippen molar-refractivity contribution >= 4 is 11.8 Å². The van der Waals surface area contributed by atoms with E-state index in [-0.39, 0.29) is 6.54 Å². The highest BCUT2D eigenvalue weighted by molar-refractivity contribution is 5.80. The van der Waals surface area contributed by atoms with E-state index in [1.165, 1.54) is 0 Å². The molecule has 1 fully saturated rings. The van der Waals surface area contributed by atoms with Gasteiger partial charge in [0.2, 0.25) is 0 Å². The number of hydrogen-bond acceptors (Lipinski definition) is 5. The average Bonchev–Trinajstić information content (AvgIpc) is 2.63. The summed E-state index contributed by atoms with van der Waals surface area (Å²) in [6.45, 7) is 2.73. The summed E-state index contributed by atoms with van der Waals surface area (Å²) in [7, 11) is 0. The van der Waals surface area contributed by atoms with Gasteiger partial charge in [-0.1, -0.05) is 0 Å². The van der Waals surface area contributed by atoms with Crippen LogP contribution in [0.1, 0.15) is 12.1 Å². The van der Waals surface area contributed by atoms with E-state index in [0.29, 0.717) is 13.0 Å². The van der Waals surface area contributed by atoms with Crippen LogP contribution in [0.15, 0.2) is 12.4 Å². The number of aromatic nitrogens is 2. The van der Waals surface area contributed by atoms with Crippen molar-refractivity contribution in [1.29, 1.82) is 0 Å². The number of carboxylic acids is 1. The molecule has 0 radical (unpaired) electrons. The molecule has 2 rings (SSSR count). The number of hydrogen-bond donors (Lipinski definition) is 2. The molecule has 0 saturated carbocycles. The first kappa shape index (κ1) is 10.8. The Morgan fingerprint density at radius 2 is 2.25 bits per heavy atom. The number of carboxylic acid groups (broad SMARTS) is 1. The molecular formula is C10H14N4O2. The molecule has 1 unspecified atom stereocenters. The molecule has 0 bridgehead atoms. The van der Waals surface area contributed by atoms with E-state index in [0.717, 1.165) is 11.5 Å². The number of anilines is 1. The SMILES string of the molecule is Cc1nccnc1N1CCC(N)(C(=O)O)C1. The number of aliphatic carboxylic acids is 1. The van der Waals surface area contributed by atoms with Gasteiger partial charge in [0.05, 0.1) is 5.69 Å². The lowest BCUT2D eigenvalue weighted by atomic mass is 10.0. The second-order valence-corrected chi connectivity index (χ2v) is 4.10. The van der Waals surface area contributed by atoms with Gasteiger partial charge in [-0.15, -0.1) is 0 Å². The molecule has 86 valence electrons. The number of aryl methyl sites for hydroxylation is 1. The minimum atomic E-state index is -1.16. The van der Waals surface area contributed by atoms with Crippen molar-refractivity contribution in [3.8, 4) is 0 Å². The molecule has 0 spiro atoms. The summed E-state index contributed by atoms with van der Waals surface area (Å²) < 4.78 is 0. The molecule has 0 aliphatic carbocycles. The Morgan fingerprint density at radius 1 is 1.56 bits per heavy atom. The van der Waals surface area contributed by atoms with Crippen LogP contribution >= 0.6 is 0 Å². The zero-order valence-corrected chi connectivity index (χ0v) is 9.05. The fraction of sp³-hybridized carbons (Fsp3) is 0.500. The Balaban J connectivity index is 2.22. The van der Waals surface area contributed by atoms with Crippen LogP contribution < -0.4 is 10.6 Å². The molecule has 1 aromatic rings. The van der Waals surface area contributed by atoms with Gasteiger partial charge in [0, 0.05) is 25.5 Å². The summed E-state index contributed by atoms with van der Waals surface area (Å²) in [6.07, 6.45) is 3.64. The largest absolute Gasteiger partial charge is 0.480 e. The topological polar surface area (TPSA) is 92.3 Å². The lowest BCUT2D eigenvalue weighted by molar-refractivity contribution is -0.142. The highest BCUT2D eigenvalue weighted by atomic mass is 16.4. The zero-order valence-electron chi connectivity index (χ0n) is 9.05. The first-order valence-electron chi connectivity index (χ1n) is 5.08. The van der Waals surface area contributed by atoms with Crippen LogP contribution in [0.25, 0.3) is 0 Å². The van der Waals surface area contributed by atoms with Crippen molar-refractivity contribution in [2.45, 2.75) is 18.9 Å². The van der Waals surface area contributed by atoms with Crippen LogP contribution in [-0.4, -0.2) is 39.7 Å². The maximum Gasteiger partial charge on any atom is 0.325 e. The molecule has 1 atom stereocenters. The fourth-order valence-corrected chi connectivity index (χ4v) is 1.90. The van der Waals surface area contributed by atoms with Crippen molar-refractivity contribution in [1.82, 2.24) is 9.97 Å².